The van der Waals surface area contributed by atoms with Crippen LogP contribution in [0.5, 0.6) is 11.5 Å². The van der Waals surface area contributed by atoms with Gasteiger partial charge in [0, 0.05) is 17.7 Å². The summed E-state index contributed by atoms with van der Waals surface area (Å²) in [6.45, 7) is 0. The SMILES string of the molecule is COc1cccc(C(=O)c2cc([N+](=O)[O-])ccc2OC)c1. The van der Waals surface area contributed by atoms with Crippen molar-refractivity contribution in [2.75, 3.05) is 14.2 Å². The van der Waals surface area contributed by atoms with Crippen LogP contribution in [0.1, 0.15) is 15.9 Å². The molecule has 0 aliphatic rings. The number of benzene rings is 2. The Kier molecular flexibility index (Phi) is 4.18. The van der Waals surface area contributed by atoms with Crippen molar-refractivity contribution in [3.8, 4) is 11.5 Å². The summed E-state index contributed by atoms with van der Waals surface area (Å²) in [5.41, 5.74) is 0.343. The predicted molar refractivity (Wildman–Crippen MR) is 76.1 cm³/mol. The van der Waals surface area contributed by atoms with Gasteiger partial charge >= 0.3 is 0 Å². The number of nitro groups is 1. The fourth-order valence-electron chi connectivity index (χ4n) is 1.91. The molecule has 2 aromatic carbocycles. The zero-order chi connectivity index (χ0) is 15.4. The Morgan fingerprint density at radius 3 is 2.48 bits per heavy atom. The Bertz CT molecular complexity index is 696. The molecule has 0 aromatic heterocycles. The molecule has 108 valence electrons. The smallest absolute Gasteiger partial charge is 0.270 e. The van der Waals surface area contributed by atoms with Gasteiger partial charge in [0.05, 0.1) is 24.7 Å². The number of methoxy groups -OCH3 is 2. The minimum atomic E-state index is -0.554. The lowest BCUT2D eigenvalue weighted by Crippen LogP contribution is -2.05. The van der Waals surface area contributed by atoms with E-state index in [0.29, 0.717) is 11.3 Å². The molecule has 0 atom stereocenters. The highest BCUT2D eigenvalue weighted by molar-refractivity contribution is 6.11. The first-order chi connectivity index (χ1) is 10.1. The second-order valence-electron chi connectivity index (χ2n) is 4.20. The van der Waals surface area contributed by atoms with E-state index in [1.165, 1.54) is 32.4 Å². The van der Waals surface area contributed by atoms with Gasteiger partial charge in [-0.1, -0.05) is 12.1 Å². The van der Waals surface area contributed by atoms with E-state index in [1.807, 2.05) is 0 Å². The second kappa shape index (κ2) is 6.04. The lowest BCUT2D eigenvalue weighted by Gasteiger charge is -2.08. The van der Waals surface area contributed by atoms with Crippen LogP contribution < -0.4 is 9.47 Å². The Labute approximate surface area is 121 Å². The Hall–Kier alpha value is -2.89. The van der Waals surface area contributed by atoms with Crippen LogP contribution in [0.3, 0.4) is 0 Å². The summed E-state index contributed by atoms with van der Waals surface area (Å²) in [5.74, 6) is 0.452. The third-order valence-electron chi connectivity index (χ3n) is 2.97. The van der Waals surface area contributed by atoms with Crippen LogP contribution in [-0.2, 0) is 0 Å². The summed E-state index contributed by atoms with van der Waals surface area (Å²) in [5, 5.41) is 10.8. The van der Waals surface area contributed by atoms with Gasteiger partial charge in [0.15, 0.2) is 5.78 Å². The maximum Gasteiger partial charge on any atom is 0.270 e. The third kappa shape index (κ3) is 3.00. The first kappa shape index (κ1) is 14.5. The molecule has 6 nitrogen and oxygen atoms in total. The van der Waals surface area contributed by atoms with Crippen molar-refractivity contribution >= 4 is 11.5 Å². The molecule has 0 amide bonds. The average Bonchev–Trinajstić information content (AvgIpc) is 2.53. The third-order valence-corrected chi connectivity index (χ3v) is 2.97. The fraction of sp³-hybridized carbons (Fsp3) is 0.133. The summed E-state index contributed by atoms with van der Waals surface area (Å²) in [7, 11) is 2.90. The number of ether oxygens (including phenoxy) is 2. The Balaban J connectivity index is 2.50. The number of carbonyl (C=O) groups is 1. The van der Waals surface area contributed by atoms with Gasteiger partial charge in [-0.3, -0.25) is 14.9 Å². The second-order valence-corrected chi connectivity index (χ2v) is 4.20. The summed E-state index contributed by atoms with van der Waals surface area (Å²) in [4.78, 5) is 22.8. The topological polar surface area (TPSA) is 78.7 Å². The molecule has 2 rings (SSSR count). The van der Waals surface area contributed by atoms with Gasteiger partial charge < -0.3 is 9.47 Å². The average molecular weight is 287 g/mol. The number of nitro benzene ring substituents is 1. The van der Waals surface area contributed by atoms with Crippen LogP contribution >= 0.6 is 0 Å². The molecule has 0 spiro atoms. The Morgan fingerprint density at radius 1 is 1.10 bits per heavy atom. The monoisotopic (exact) mass is 287 g/mol. The Morgan fingerprint density at radius 2 is 1.86 bits per heavy atom. The summed E-state index contributed by atoms with van der Waals surface area (Å²) < 4.78 is 10.2. The highest BCUT2D eigenvalue weighted by Gasteiger charge is 2.19. The van der Waals surface area contributed by atoms with Crippen LogP contribution in [0.4, 0.5) is 5.69 Å². The number of non-ortho nitro benzene ring substituents is 1. The minimum Gasteiger partial charge on any atom is -0.497 e. The number of ketones is 1. The van der Waals surface area contributed by atoms with Gasteiger partial charge in [0.2, 0.25) is 0 Å². The molecule has 0 saturated heterocycles. The molecule has 2 aromatic rings. The molecule has 0 heterocycles. The molecule has 0 unspecified atom stereocenters. The minimum absolute atomic E-state index is 0.139. The van der Waals surface area contributed by atoms with Crippen molar-refractivity contribution in [3.05, 3.63) is 63.7 Å². The van der Waals surface area contributed by atoms with Crippen LogP contribution in [0.25, 0.3) is 0 Å². The van der Waals surface area contributed by atoms with Crippen LogP contribution in [-0.4, -0.2) is 24.9 Å². The first-order valence-electron chi connectivity index (χ1n) is 6.08. The van der Waals surface area contributed by atoms with Gasteiger partial charge in [-0.2, -0.15) is 0 Å². The zero-order valence-electron chi connectivity index (χ0n) is 11.5. The lowest BCUT2D eigenvalue weighted by atomic mass is 10.0. The molecule has 0 N–H and O–H groups in total. The van der Waals surface area contributed by atoms with Crippen molar-refractivity contribution in [2.24, 2.45) is 0 Å². The van der Waals surface area contributed by atoms with Crippen molar-refractivity contribution in [3.63, 3.8) is 0 Å². The van der Waals surface area contributed by atoms with E-state index in [0.717, 1.165) is 0 Å². The number of carbonyl (C=O) groups excluding carboxylic acids is 1. The summed E-state index contributed by atoms with van der Waals surface area (Å²) in [6.07, 6.45) is 0. The molecule has 0 fully saturated rings. The van der Waals surface area contributed by atoms with Crippen LogP contribution in [0.2, 0.25) is 0 Å². The van der Waals surface area contributed by atoms with E-state index in [2.05, 4.69) is 0 Å². The summed E-state index contributed by atoms with van der Waals surface area (Å²) in [6, 6.07) is 10.5. The number of rotatable bonds is 5. The molecular weight excluding hydrogens is 274 g/mol. The van der Waals surface area contributed by atoms with Gasteiger partial charge in [-0.05, 0) is 18.2 Å². The summed E-state index contributed by atoms with van der Waals surface area (Å²) >= 11 is 0. The number of nitrogens with zero attached hydrogens (tertiary/aromatic N) is 1. The van der Waals surface area contributed by atoms with E-state index < -0.39 is 4.92 Å². The van der Waals surface area contributed by atoms with E-state index in [9.17, 15) is 14.9 Å². The quantitative estimate of drug-likeness (QED) is 0.480. The molecule has 0 radical (unpaired) electrons. The van der Waals surface area contributed by atoms with E-state index in [1.54, 1.807) is 24.3 Å². The first-order valence-corrected chi connectivity index (χ1v) is 6.08. The van der Waals surface area contributed by atoms with Crippen molar-refractivity contribution in [2.45, 2.75) is 0 Å². The molecule has 0 aliphatic heterocycles. The molecule has 0 bridgehead atoms. The normalized spacial score (nSPS) is 10.0. The predicted octanol–water partition coefficient (Wildman–Crippen LogP) is 2.84. The maximum absolute atomic E-state index is 12.5. The molecular formula is C15H13NO5. The van der Waals surface area contributed by atoms with Gasteiger partial charge in [0.1, 0.15) is 11.5 Å². The lowest BCUT2D eigenvalue weighted by molar-refractivity contribution is -0.384. The van der Waals surface area contributed by atoms with Crippen molar-refractivity contribution < 1.29 is 19.2 Å². The molecule has 0 saturated carbocycles. The van der Waals surface area contributed by atoms with Crippen molar-refractivity contribution in [1.82, 2.24) is 0 Å². The van der Waals surface area contributed by atoms with Crippen molar-refractivity contribution in [1.29, 1.82) is 0 Å². The molecule has 21 heavy (non-hydrogen) atoms. The number of hydrogen-bond acceptors (Lipinski definition) is 5. The zero-order valence-corrected chi connectivity index (χ0v) is 11.5. The highest BCUT2D eigenvalue weighted by atomic mass is 16.6. The van der Waals surface area contributed by atoms with E-state index in [-0.39, 0.29) is 22.8 Å². The molecule has 0 aliphatic carbocycles. The van der Waals surface area contributed by atoms with E-state index >= 15 is 0 Å². The largest absolute Gasteiger partial charge is 0.497 e. The maximum atomic E-state index is 12.5. The van der Waals surface area contributed by atoms with Gasteiger partial charge in [-0.25, -0.2) is 0 Å². The fourth-order valence-corrected chi connectivity index (χ4v) is 1.91. The standard InChI is InChI=1S/C15H13NO5/c1-20-12-5-3-4-10(8-12)15(17)13-9-11(16(18)19)6-7-14(13)21-2/h3-9H,1-2H3. The highest BCUT2D eigenvalue weighted by Crippen LogP contribution is 2.27. The van der Waals surface area contributed by atoms with Crippen LogP contribution in [0.15, 0.2) is 42.5 Å². The van der Waals surface area contributed by atoms with Crippen LogP contribution in [0, 0.1) is 10.1 Å². The van der Waals surface area contributed by atoms with Gasteiger partial charge in [0.25, 0.3) is 5.69 Å². The van der Waals surface area contributed by atoms with E-state index in [4.69, 9.17) is 9.47 Å². The molecule has 6 heteroatoms. The number of hydrogen-bond donors (Lipinski definition) is 0. The van der Waals surface area contributed by atoms with Gasteiger partial charge in [-0.15, -0.1) is 0 Å².